The molecule has 1 unspecified atom stereocenters. The lowest BCUT2D eigenvalue weighted by Crippen LogP contribution is -2.38. The molecule has 1 amide bonds. The van der Waals surface area contributed by atoms with Crippen molar-refractivity contribution in [3.63, 3.8) is 0 Å². The van der Waals surface area contributed by atoms with Gasteiger partial charge in [0, 0.05) is 57.2 Å². The molecule has 0 aliphatic carbocycles. The Morgan fingerprint density at radius 1 is 0.453 bits per heavy atom. The van der Waals surface area contributed by atoms with E-state index >= 15 is 0 Å². The molecule has 0 aliphatic heterocycles. The molecule has 0 aliphatic rings. The number of carbonyl (C=O) groups is 4. The summed E-state index contributed by atoms with van der Waals surface area (Å²) in [6, 6.07) is 0. The van der Waals surface area contributed by atoms with E-state index in [4.69, 9.17) is 23.7 Å². The quantitative estimate of drug-likeness (QED) is 0.0190. The number of unbranched alkanes of at least 4 members (excludes halogenated alkanes) is 22. The van der Waals surface area contributed by atoms with E-state index in [2.05, 4.69) is 76.8 Å². The lowest BCUT2D eigenvalue weighted by atomic mass is 10.1. The third-order valence-corrected chi connectivity index (χ3v) is 14.5. The monoisotopic (exact) mass is 1080 g/mol. The van der Waals surface area contributed by atoms with Gasteiger partial charge < -0.3 is 33.5 Å². The lowest BCUT2D eigenvalue weighted by Gasteiger charge is -2.27. The van der Waals surface area contributed by atoms with Crippen molar-refractivity contribution in [1.29, 1.82) is 0 Å². The van der Waals surface area contributed by atoms with Crippen LogP contribution in [0.1, 0.15) is 260 Å². The SMILES string of the molecule is CCCCC/C=C\C/C=C\CCCCCCCC(=O)OCC(COC(=O)CCC(OCCCCCCCC)OCCCCCCCC)CN(CCCC(=O)OC/C=C\CCCCCC)C(=O)SCCCN(CC)CC. The summed E-state index contributed by atoms with van der Waals surface area (Å²) in [7, 11) is 0. The highest BCUT2D eigenvalue weighted by molar-refractivity contribution is 8.13. The molecule has 11 nitrogen and oxygen atoms in total. The molecule has 0 heterocycles. The van der Waals surface area contributed by atoms with Gasteiger partial charge >= 0.3 is 17.9 Å². The molecule has 438 valence electrons. The van der Waals surface area contributed by atoms with Gasteiger partial charge in [-0.15, -0.1) is 0 Å². The van der Waals surface area contributed by atoms with Crippen LogP contribution < -0.4 is 0 Å². The number of ether oxygens (including phenoxy) is 5. The van der Waals surface area contributed by atoms with Crippen molar-refractivity contribution in [3.05, 3.63) is 36.5 Å². The summed E-state index contributed by atoms with van der Waals surface area (Å²) in [6.45, 7) is 18.0. The summed E-state index contributed by atoms with van der Waals surface area (Å²) in [6.07, 6.45) is 46.7. The van der Waals surface area contributed by atoms with E-state index in [9.17, 15) is 19.2 Å². The fourth-order valence-corrected chi connectivity index (χ4v) is 9.39. The number of hydrogen-bond acceptors (Lipinski definition) is 11. The molecule has 0 bridgehead atoms. The van der Waals surface area contributed by atoms with Gasteiger partial charge in [0.15, 0.2) is 6.29 Å². The van der Waals surface area contributed by atoms with Crippen LogP contribution in [0.5, 0.6) is 0 Å². The first-order valence-corrected chi connectivity index (χ1v) is 32.0. The minimum absolute atomic E-state index is 0.0130. The third kappa shape index (κ3) is 50.6. The molecular weight excluding hydrogens is 961 g/mol. The number of thioether (sulfide) groups is 1. The van der Waals surface area contributed by atoms with Crippen LogP contribution in [-0.4, -0.2) is 111 Å². The minimum atomic E-state index is -0.486. The van der Waals surface area contributed by atoms with Gasteiger partial charge in [0.2, 0.25) is 0 Å². The second kappa shape index (κ2) is 57.5. The average molecular weight is 1080 g/mol. The van der Waals surface area contributed by atoms with Crippen molar-refractivity contribution < 1.29 is 42.9 Å². The fourth-order valence-electron chi connectivity index (χ4n) is 8.59. The van der Waals surface area contributed by atoms with Gasteiger partial charge in [-0.25, -0.2) is 0 Å². The highest BCUT2D eigenvalue weighted by Crippen LogP contribution is 2.18. The van der Waals surface area contributed by atoms with E-state index < -0.39 is 12.2 Å². The Bertz CT molecular complexity index is 1370. The Balaban J connectivity index is 5.74. The van der Waals surface area contributed by atoms with Gasteiger partial charge in [-0.3, -0.25) is 19.2 Å². The van der Waals surface area contributed by atoms with E-state index in [1.54, 1.807) is 4.90 Å². The van der Waals surface area contributed by atoms with E-state index in [1.807, 2.05) is 6.08 Å². The molecule has 0 radical (unpaired) electrons. The van der Waals surface area contributed by atoms with Crippen LogP contribution in [0.3, 0.4) is 0 Å². The summed E-state index contributed by atoms with van der Waals surface area (Å²) in [4.78, 5) is 57.4. The number of allylic oxidation sites excluding steroid dienone is 5. The van der Waals surface area contributed by atoms with Crippen LogP contribution in [0, 0.1) is 5.92 Å². The van der Waals surface area contributed by atoms with Crippen LogP contribution in [-0.2, 0) is 38.1 Å². The zero-order chi connectivity index (χ0) is 54.9. The molecule has 75 heavy (non-hydrogen) atoms. The van der Waals surface area contributed by atoms with Gasteiger partial charge in [-0.1, -0.05) is 205 Å². The summed E-state index contributed by atoms with van der Waals surface area (Å²) in [5.74, 6) is -0.770. The molecule has 0 aromatic carbocycles. The first kappa shape index (κ1) is 72.3. The van der Waals surface area contributed by atoms with E-state index in [0.717, 1.165) is 110 Å². The number of amides is 1. The van der Waals surface area contributed by atoms with E-state index in [1.165, 1.54) is 108 Å². The molecule has 0 saturated heterocycles. The Kier molecular flexibility index (Phi) is 55.5. The summed E-state index contributed by atoms with van der Waals surface area (Å²) in [5.41, 5.74) is 0. The summed E-state index contributed by atoms with van der Waals surface area (Å²) in [5, 5.41) is -0.102. The maximum atomic E-state index is 13.9. The van der Waals surface area contributed by atoms with Crippen molar-refractivity contribution in [1.82, 2.24) is 9.80 Å². The zero-order valence-electron chi connectivity index (χ0n) is 49.4. The summed E-state index contributed by atoms with van der Waals surface area (Å²) < 4.78 is 29.7. The molecule has 1 atom stereocenters. The van der Waals surface area contributed by atoms with Crippen molar-refractivity contribution in [2.45, 2.75) is 266 Å². The average Bonchev–Trinajstić information content (AvgIpc) is 3.41. The molecule has 0 fully saturated rings. The normalized spacial score (nSPS) is 12.3. The first-order valence-electron chi connectivity index (χ1n) is 31.0. The van der Waals surface area contributed by atoms with Gasteiger partial charge in [-0.05, 0) is 96.7 Å². The van der Waals surface area contributed by atoms with Gasteiger partial charge in [0.05, 0.1) is 19.6 Å². The Morgan fingerprint density at radius 3 is 1.48 bits per heavy atom. The molecule has 12 heteroatoms. The van der Waals surface area contributed by atoms with Crippen LogP contribution in [0.15, 0.2) is 36.5 Å². The van der Waals surface area contributed by atoms with Crippen molar-refractivity contribution in [2.24, 2.45) is 5.92 Å². The first-order chi connectivity index (χ1) is 36.7. The number of carbonyl (C=O) groups excluding carboxylic acids is 4. The number of esters is 3. The van der Waals surface area contributed by atoms with Crippen molar-refractivity contribution in [2.75, 3.05) is 71.5 Å². The smallest absolute Gasteiger partial charge is 0.306 e. The fraction of sp³-hybridized carbons (Fsp3) is 0.841. The summed E-state index contributed by atoms with van der Waals surface area (Å²) >= 11 is 1.27. The second-order valence-electron chi connectivity index (χ2n) is 20.5. The van der Waals surface area contributed by atoms with Crippen LogP contribution in [0.25, 0.3) is 0 Å². The van der Waals surface area contributed by atoms with Gasteiger partial charge in [-0.2, -0.15) is 0 Å². The molecule has 0 saturated carbocycles. The Labute approximate surface area is 465 Å². The maximum absolute atomic E-state index is 13.9. The van der Waals surface area contributed by atoms with Crippen molar-refractivity contribution >= 4 is 34.9 Å². The maximum Gasteiger partial charge on any atom is 0.306 e. The largest absolute Gasteiger partial charge is 0.465 e. The molecule has 0 spiro atoms. The van der Waals surface area contributed by atoms with E-state index in [-0.39, 0.29) is 62.4 Å². The third-order valence-electron chi connectivity index (χ3n) is 13.5. The molecule has 0 rings (SSSR count). The molecule has 0 N–H and O–H groups in total. The molecule has 0 aromatic rings. The number of rotatable bonds is 56. The predicted octanol–water partition coefficient (Wildman–Crippen LogP) is 17.1. The van der Waals surface area contributed by atoms with Crippen LogP contribution >= 0.6 is 11.8 Å². The van der Waals surface area contributed by atoms with Crippen LogP contribution in [0.4, 0.5) is 4.79 Å². The minimum Gasteiger partial charge on any atom is -0.465 e. The topological polar surface area (TPSA) is 121 Å². The number of nitrogens with zero attached hydrogens (tertiary/aromatic N) is 2. The molecule has 0 aromatic heterocycles. The van der Waals surface area contributed by atoms with Gasteiger partial charge in [0.1, 0.15) is 6.61 Å². The standard InChI is InChI=1S/C63H116N2O9S/c1-7-13-17-21-25-26-27-28-29-30-31-32-33-35-39-45-60(67)73-56-58(57-74-61(68)47-48-62(71-52-41-36-23-19-15-9-3)72-53-42-37-24-20-16-10-4)55-65(63(69)75-54-44-49-64(11-5)12-6)50-43-46-59(66)70-51-40-38-34-22-18-14-8-2/h25-26,28-29,38,40,58,62H,7-24,27,30-37,39,41-57H2,1-6H3/b26-25-,29-28-,40-38-. The predicted molar refractivity (Wildman–Crippen MR) is 316 cm³/mol. The highest BCUT2D eigenvalue weighted by Gasteiger charge is 2.24. The highest BCUT2D eigenvalue weighted by atomic mass is 32.2. The second-order valence-corrected chi connectivity index (χ2v) is 21.6. The van der Waals surface area contributed by atoms with E-state index in [0.29, 0.717) is 44.8 Å². The Hall–Kier alpha value is -2.67. The van der Waals surface area contributed by atoms with Gasteiger partial charge in [0.25, 0.3) is 5.24 Å². The Morgan fingerprint density at radius 2 is 0.907 bits per heavy atom. The van der Waals surface area contributed by atoms with Crippen LogP contribution in [0.2, 0.25) is 0 Å². The van der Waals surface area contributed by atoms with Crippen molar-refractivity contribution in [3.8, 4) is 0 Å². The zero-order valence-corrected chi connectivity index (χ0v) is 50.2. The lowest BCUT2D eigenvalue weighted by molar-refractivity contribution is -0.161. The number of hydrogen-bond donors (Lipinski definition) is 0. The molecular formula is C63H116N2O9S.